The summed E-state index contributed by atoms with van der Waals surface area (Å²) < 4.78 is 2.35. The van der Waals surface area contributed by atoms with E-state index in [1.165, 1.54) is 16.6 Å². The first-order chi connectivity index (χ1) is 15.4. The number of aromatic nitrogens is 3. The van der Waals surface area contributed by atoms with Crippen molar-refractivity contribution >= 4 is 38.8 Å². The van der Waals surface area contributed by atoms with Gasteiger partial charge in [-0.05, 0) is 30.3 Å². The third kappa shape index (κ3) is 3.31. The number of piperazine rings is 1. The molecule has 31 heavy (non-hydrogen) atoms. The number of rotatable bonds is 4. The molecule has 0 unspecified atom stereocenters. The molecule has 3 aromatic carbocycles. The molecule has 0 N–H and O–H groups in total. The van der Waals surface area contributed by atoms with E-state index in [0.717, 1.165) is 61.5 Å². The first kappa shape index (κ1) is 18.3. The monoisotopic (exact) mass is 407 g/mol. The van der Waals surface area contributed by atoms with Crippen LogP contribution in [0.2, 0.25) is 0 Å². The Hall–Kier alpha value is -3.44. The Balaban J connectivity index is 1.27. The van der Waals surface area contributed by atoms with E-state index in [1.807, 2.05) is 24.3 Å². The molecule has 0 radical (unpaired) electrons. The molecule has 1 aliphatic heterocycles. The topological polar surface area (TPSA) is 37.2 Å². The summed E-state index contributed by atoms with van der Waals surface area (Å²) in [5.74, 6) is 0. The summed E-state index contributed by atoms with van der Waals surface area (Å²) in [5.41, 5.74) is 6.44. The molecule has 154 valence electrons. The van der Waals surface area contributed by atoms with Crippen LogP contribution in [0.4, 0.5) is 5.69 Å². The molecule has 1 fully saturated rings. The molecule has 0 spiro atoms. The van der Waals surface area contributed by atoms with Crippen molar-refractivity contribution in [2.45, 2.75) is 6.54 Å². The van der Waals surface area contributed by atoms with Crippen LogP contribution in [-0.4, -0.2) is 52.2 Å². The van der Waals surface area contributed by atoms with Gasteiger partial charge in [0.25, 0.3) is 0 Å². The maximum absolute atomic E-state index is 5.00. The molecule has 0 bridgehead atoms. The van der Waals surface area contributed by atoms with E-state index in [9.17, 15) is 0 Å². The smallest absolute Gasteiger partial charge is 0.160 e. The molecule has 5 nitrogen and oxygen atoms in total. The lowest BCUT2D eigenvalue weighted by molar-refractivity contribution is 0.250. The Morgan fingerprint density at radius 1 is 0.645 bits per heavy atom. The molecule has 1 saturated heterocycles. The van der Waals surface area contributed by atoms with Gasteiger partial charge in [-0.25, -0.2) is 9.97 Å². The SMILES string of the molecule is c1ccc(N2CCN(CCn3c4ccccc4c4nc5ccccc5nc43)CC2)cc1. The highest BCUT2D eigenvalue weighted by atomic mass is 15.3. The molecular formula is C26H25N5. The third-order valence-corrected chi connectivity index (χ3v) is 6.39. The highest BCUT2D eigenvalue weighted by molar-refractivity contribution is 6.06. The van der Waals surface area contributed by atoms with Gasteiger partial charge < -0.3 is 9.47 Å². The van der Waals surface area contributed by atoms with Gasteiger partial charge in [0.1, 0.15) is 5.52 Å². The van der Waals surface area contributed by atoms with E-state index >= 15 is 0 Å². The summed E-state index contributed by atoms with van der Waals surface area (Å²) in [6, 6.07) is 27.4. The van der Waals surface area contributed by atoms with Gasteiger partial charge in [0, 0.05) is 50.3 Å². The van der Waals surface area contributed by atoms with Crippen LogP contribution in [0.15, 0.2) is 78.9 Å². The summed E-state index contributed by atoms with van der Waals surface area (Å²) >= 11 is 0. The van der Waals surface area contributed by atoms with Gasteiger partial charge >= 0.3 is 0 Å². The highest BCUT2D eigenvalue weighted by Gasteiger charge is 2.19. The van der Waals surface area contributed by atoms with Crippen LogP contribution < -0.4 is 4.90 Å². The predicted octanol–water partition coefficient (Wildman–Crippen LogP) is 4.56. The van der Waals surface area contributed by atoms with E-state index < -0.39 is 0 Å². The molecule has 0 amide bonds. The number of fused-ring (bicyclic) bond motifs is 4. The summed E-state index contributed by atoms with van der Waals surface area (Å²) in [6.45, 7) is 6.25. The summed E-state index contributed by atoms with van der Waals surface area (Å²) in [5, 5.41) is 1.18. The molecule has 6 rings (SSSR count). The van der Waals surface area contributed by atoms with Crippen LogP contribution >= 0.6 is 0 Å². The molecule has 3 heterocycles. The van der Waals surface area contributed by atoms with E-state index in [0.29, 0.717) is 0 Å². The second kappa shape index (κ2) is 7.67. The van der Waals surface area contributed by atoms with Crippen LogP contribution in [0.3, 0.4) is 0 Å². The molecular weight excluding hydrogens is 382 g/mol. The fraction of sp³-hybridized carbons (Fsp3) is 0.231. The Kier molecular flexibility index (Phi) is 4.54. The predicted molar refractivity (Wildman–Crippen MR) is 128 cm³/mol. The first-order valence-electron chi connectivity index (χ1n) is 11.0. The van der Waals surface area contributed by atoms with Crippen molar-refractivity contribution < 1.29 is 0 Å². The fourth-order valence-corrected chi connectivity index (χ4v) is 4.72. The minimum atomic E-state index is 0.919. The van der Waals surface area contributed by atoms with Crippen LogP contribution in [-0.2, 0) is 6.54 Å². The minimum absolute atomic E-state index is 0.919. The number of hydrogen-bond acceptors (Lipinski definition) is 4. The van der Waals surface area contributed by atoms with Gasteiger partial charge in [-0.1, -0.05) is 48.5 Å². The average Bonchev–Trinajstić information content (AvgIpc) is 3.15. The molecule has 5 aromatic rings. The van der Waals surface area contributed by atoms with Crippen LogP contribution in [0.1, 0.15) is 0 Å². The molecule has 0 saturated carbocycles. The Bertz CT molecular complexity index is 1350. The Labute approximate surface area is 181 Å². The number of nitrogens with zero attached hydrogens (tertiary/aromatic N) is 5. The van der Waals surface area contributed by atoms with Gasteiger partial charge in [0.15, 0.2) is 5.65 Å². The van der Waals surface area contributed by atoms with Gasteiger partial charge in [-0.2, -0.15) is 0 Å². The standard InChI is InChI=1S/C26H25N5/c1-2-8-20(9-3-1)30-17-14-29(15-18-30)16-19-31-24-13-7-4-10-21(24)25-26(31)28-23-12-6-5-11-22(23)27-25/h1-13H,14-19H2. The Morgan fingerprint density at radius 3 is 2.13 bits per heavy atom. The maximum atomic E-state index is 5.00. The van der Waals surface area contributed by atoms with Crippen molar-refractivity contribution in [3.8, 4) is 0 Å². The van der Waals surface area contributed by atoms with Gasteiger partial charge in [-0.15, -0.1) is 0 Å². The number of para-hydroxylation sites is 4. The Morgan fingerprint density at radius 2 is 1.32 bits per heavy atom. The summed E-state index contributed by atoms with van der Waals surface area (Å²) in [6.07, 6.45) is 0. The average molecular weight is 408 g/mol. The zero-order chi connectivity index (χ0) is 20.6. The molecule has 0 aliphatic carbocycles. The fourth-order valence-electron chi connectivity index (χ4n) is 4.72. The van der Waals surface area contributed by atoms with Crippen molar-refractivity contribution in [2.24, 2.45) is 0 Å². The van der Waals surface area contributed by atoms with E-state index in [1.54, 1.807) is 0 Å². The molecule has 5 heteroatoms. The van der Waals surface area contributed by atoms with Crippen LogP contribution in [0.25, 0.3) is 33.1 Å². The zero-order valence-electron chi connectivity index (χ0n) is 17.5. The highest BCUT2D eigenvalue weighted by Crippen LogP contribution is 2.28. The first-order valence-corrected chi connectivity index (χ1v) is 11.0. The van der Waals surface area contributed by atoms with E-state index in [2.05, 4.69) is 69.0 Å². The lowest BCUT2D eigenvalue weighted by Crippen LogP contribution is -2.47. The normalized spacial score (nSPS) is 15.3. The van der Waals surface area contributed by atoms with Crippen molar-refractivity contribution in [1.82, 2.24) is 19.4 Å². The van der Waals surface area contributed by atoms with Crippen LogP contribution in [0.5, 0.6) is 0 Å². The van der Waals surface area contributed by atoms with Crippen molar-refractivity contribution in [2.75, 3.05) is 37.6 Å². The second-order valence-electron chi connectivity index (χ2n) is 8.22. The number of hydrogen-bond donors (Lipinski definition) is 0. The maximum Gasteiger partial charge on any atom is 0.160 e. The lowest BCUT2D eigenvalue weighted by atomic mass is 10.2. The quantitative estimate of drug-likeness (QED) is 0.438. The van der Waals surface area contributed by atoms with Gasteiger partial charge in [0.05, 0.1) is 16.6 Å². The number of benzene rings is 3. The van der Waals surface area contributed by atoms with Crippen molar-refractivity contribution in [3.63, 3.8) is 0 Å². The van der Waals surface area contributed by atoms with Crippen molar-refractivity contribution in [1.29, 1.82) is 0 Å². The number of anilines is 1. The van der Waals surface area contributed by atoms with E-state index in [-0.39, 0.29) is 0 Å². The van der Waals surface area contributed by atoms with E-state index in [4.69, 9.17) is 9.97 Å². The lowest BCUT2D eigenvalue weighted by Gasteiger charge is -2.36. The third-order valence-electron chi connectivity index (χ3n) is 6.39. The largest absolute Gasteiger partial charge is 0.369 e. The summed E-state index contributed by atoms with van der Waals surface area (Å²) in [7, 11) is 0. The van der Waals surface area contributed by atoms with Gasteiger partial charge in [-0.3, -0.25) is 4.90 Å². The summed E-state index contributed by atoms with van der Waals surface area (Å²) in [4.78, 5) is 15.0. The second-order valence-corrected chi connectivity index (χ2v) is 8.22. The van der Waals surface area contributed by atoms with Crippen molar-refractivity contribution in [3.05, 3.63) is 78.9 Å². The van der Waals surface area contributed by atoms with Gasteiger partial charge in [0.2, 0.25) is 0 Å². The van der Waals surface area contributed by atoms with Crippen LogP contribution in [0, 0.1) is 0 Å². The molecule has 1 aliphatic rings. The molecule has 0 atom stereocenters. The zero-order valence-corrected chi connectivity index (χ0v) is 17.5. The minimum Gasteiger partial charge on any atom is -0.369 e. The molecule has 2 aromatic heterocycles.